The molecule has 2 aliphatic rings. The molecule has 8 nitrogen and oxygen atoms in total. The SMILES string of the molecule is CC1(C)OCC(COc2ccc(-c3c(Cl)cc(NC4N=C(N)NN4)cc3Cl)cc2)O1. The number of nitrogens with one attached hydrogen (secondary N) is 3. The second kappa shape index (κ2) is 8.49. The van der Waals surface area contributed by atoms with Crippen molar-refractivity contribution in [3.63, 3.8) is 0 Å². The zero-order valence-electron chi connectivity index (χ0n) is 16.5. The molecule has 0 spiro atoms. The summed E-state index contributed by atoms with van der Waals surface area (Å²) in [6.45, 7) is 4.71. The Kier molecular flexibility index (Phi) is 5.95. The van der Waals surface area contributed by atoms with Crippen LogP contribution >= 0.6 is 23.2 Å². The van der Waals surface area contributed by atoms with Gasteiger partial charge in [-0.25, -0.2) is 4.99 Å². The zero-order chi connectivity index (χ0) is 21.3. The van der Waals surface area contributed by atoms with Crippen molar-refractivity contribution in [2.45, 2.75) is 32.0 Å². The Morgan fingerprint density at radius 1 is 1.23 bits per heavy atom. The predicted molar refractivity (Wildman–Crippen MR) is 118 cm³/mol. The summed E-state index contributed by atoms with van der Waals surface area (Å²) in [5, 5.41) is 4.17. The number of benzene rings is 2. The monoisotopic (exact) mass is 451 g/mol. The highest BCUT2D eigenvalue weighted by atomic mass is 35.5. The Bertz CT molecular complexity index is 929. The highest BCUT2D eigenvalue weighted by Crippen LogP contribution is 2.38. The molecule has 30 heavy (non-hydrogen) atoms. The predicted octanol–water partition coefficient (Wildman–Crippen LogP) is 3.31. The average molecular weight is 452 g/mol. The van der Waals surface area contributed by atoms with Crippen LogP contribution < -0.4 is 26.6 Å². The topological polar surface area (TPSA) is 102 Å². The average Bonchev–Trinajstić information content (AvgIpc) is 3.25. The molecule has 4 rings (SSSR count). The lowest BCUT2D eigenvalue weighted by atomic mass is 10.0. The number of halogens is 2. The maximum absolute atomic E-state index is 6.51. The van der Waals surface area contributed by atoms with E-state index in [2.05, 4.69) is 21.2 Å². The van der Waals surface area contributed by atoms with Crippen LogP contribution in [-0.2, 0) is 9.47 Å². The first-order valence-corrected chi connectivity index (χ1v) is 10.2. The van der Waals surface area contributed by atoms with Crippen molar-refractivity contribution in [3.8, 4) is 16.9 Å². The summed E-state index contributed by atoms with van der Waals surface area (Å²) >= 11 is 13.0. The summed E-state index contributed by atoms with van der Waals surface area (Å²) < 4.78 is 17.1. The lowest BCUT2D eigenvalue weighted by molar-refractivity contribution is -0.141. The van der Waals surface area contributed by atoms with Crippen molar-refractivity contribution in [1.29, 1.82) is 0 Å². The van der Waals surface area contributed by atoms with Gasteiger partial charge in [0.2, 0.25) is 5.96 Å². The second-order valence-corrected chi connectivity index (χ2v) is 8.25. The second-order valence-electron chi connectivity index (χ2n) is 7.43. The van der Waals surface area contributed by atoms with Gasteiger partial charge in [0.15, 0.2) is 12.1 Å². The Morgan fingerprint density at radius 2 is 1.93 bits per heavy atom. The van der Waals surface area contributed by atoms with E-state index in [0.29, 0.717) is 34.9 Å². The maximum Gasteiger partial charge on any atom is 0.206 e. The number of rotatable bonds is 6. The largest absolute Gasteiger partial charge is 0.491 e. The molecule has 0 saturated carbocycles. The van der Waals surface area contributed by atoms with E-state index in [1.807, 2.05) is 38.1 Å². The normalized spacial score (nSPS) is 22.5. The third-order valence-corrected chi connectivity index (χ3v) is 5.19. The molecular formula is C20H23Cl2N5O3. The van der Waals surface area contributed by atoms with Gasteiger partial charge in [0, 0.05) is 11.3 Å². The molecule has 5 N–H and O–H groups in total. The Balaban J connectivity index is 1.42. The van der Waals surface area contributed by atoms with Crippen molar-refractivity contribution >= 4 is 34.8 Å². The first kappa shape index (κ1) is 21.0. The lowest BCUT2D eigenvalue weighted by Gasteiger charge is -2.17. The van der Waals surface area contributed by atoms with Gasteiger partial charge < -0.3 is 25.3 Å². The number of ether oxygens (including phenoxy) is 3. The summed E-state index contributed by atoms with van der Waals surface area (Å²) in [6.07, 6.45) is -0.493. The molecule has 1 fully saturated rings. The van der Waals surface area contributed by atoms with E-state index < -0.39 is 12.1 Å². The fourth-order valence-corrected chi connectivity index (χ4v) is 3.96. The number of hydrogen-bond acceptors (Lipinski definition) is 8. The first-order valence-electron chi connectivity index (χ1n) is 9.44. The van der Waals surface area contributed by atoms with Crippen LogP contribution in [0.1, 0.15) is 13.8 Å². The summed E-state index contributed by atoms with van der Waals surface area (Å²) in [6, 6.07) is 11.2. The smallest absolute Gasteiger partial charge is 0.206 e. The van der Waals surface area contributed by atoms with E-state index in [0.717, 1.165) is 16.9 Å². The van der Waals surface area contributed by atoms with Gasteiger partial charge >= 0.3 is 0 Å². The van der Waals surface area contributed by atoms with Crippen molar-refractivity contribution in [2.24, 2.45) is 10.7 Å². The molecule has 2 unspecified atom stereocenters. The molecule has 2 heterocycles. The zero-order valence-corrected chi connectivity index (χ0v) is 18.1. The Morgan fingerprint density at radius 3 is 2.50 bits per heavy atom. The van der Waals surface area contributed by atoms with Gasteiger partial charge in [-0.2, -0.15) is 5.43 Å². The maximum atomic E-state index is 6.51. The van der Waals surface area contributed by atoms with Crippen LogP contribution in [0.4, 0.5) is 5.69 Å². The van der Waals surface area contributed by atoms with E-state index in [1.54, 1.807) is 12.1 Å². The number of nitrogens with zero attached hydrogens (tertiary/aromatic N) is 1. The van der Waals surface area contributed by atoms with Gasteiger partial charge in [-0.3, -0.25) is 5.43 Å². The van der Waals surface area contributed by atoms with Crippen LogP contribution in [0.3, 0.4) is 0 Å². The van der Waals surface area contributed by atoms with Crippen LogP contribution in [0.5, 0.6) is 5.75 Å². The first-order chi connectivity index (χ1) is 14.3. The number of nitrogens with two attached hydrogens (primary N) is 1. The number of hydrazine groups is 1. The third-order valence-electron chi connectivity index (χ3n) is 4.60. The molecule has 2 aliphatic heterocycles. The Hall–Kier alpha value is -2.23. The number of hydrogen-bond donors (Lipinski definition) is 4. The molecule has 0 amide bonds. The minimum absolute atomic E-state index is 0.0900. The van der Waals surface area contributed by atoms with Gasteiger partial charge in [0.1, 0.15) is 18.5 Å². The fraction of sp³-hybridized carbons (Fsp3) is 0.350. The number of aliphatic imine (C=N–C) groups is 1. The molecule has 2 aromatic rings. The van der Waals surface area contributed by atoms with Gasteiger partial charge in [-0.15, -0.1) is 0 Å². The molecule has 0 aliphatic carbocycles. The summed E-state index contributed by atoms with van der Waals surface area (Å²) in [4.78, 5) is 4.13. The molecule has 10 heteroatoms. The van der Waals surface area contributed by atoms with Gasteiger partial charge in [0.05, 0.1) is 16.7 Å². The number of anilines is 1. The highest BCUT2D eigenvalue weighted by Gasteiger charge is 2.32. The van der Waals surface area contributed by atoms with E-state index in [9.17, 15) is 0 Å². The summed E-state index contributed by atoms with van der Waals surface area (Å²) in [5.41, 5.74) is 13.5. The van der Waals surface area contributed by atoms with Crippen LogP contribution in [0, 0.1) is 0 Å². The molecule has 160 valence electrons. The summed E-state index contributed by atoms with van der Waals surface area (Å²) in [5.74, 6) is 0.475. The molecule has 0 radical (unpaired) electrons. The molecule has 2 atom stereocenters. The lowest BCUT2D eigenvalue weighted by Crippen LogP contribution is -2.40. The van der Waals surface area contributed by atoms with Gasteiger partial charge in [0.25, 0.3) is 0 Å². The van der Waals surface area contributed by atoms with Crippen molar-refractivity contribution < 1.29 is 14.2 Å². The van der Waals surface area contributed by atoms with Crippen LogP contribution in [0.2, 0.25) is 10.0 Å². The van der Waals surface area contributed by atoms with Crippen molar-refractivity contribution in [3.05, 3.63) is 46.4 Å². The summed E-state index contributed by atoms with van der Waals surface area (Å²) in [7, 11) is 0. The van der Waals surface area contributed by atoms with Crippen molar-refractivity contribution in [2.75, 3.05) is 18.5 Å². The molecule has 0 aromatic heterocycles. The molecular weight excluding hydrogens is 429 g/mol. The highest BCUT2D eigenvalue weighted by molar-refractivity contribution is 6.39. The minimum atomic E-state index is -0.560. The van der Waals surface area contributed by atoms with Crippen LogP contribution in [-0.4, -0.2) is 37.4 Å². The van der Waals surface area contributed by atoms with Crippen LogP contribution in [0.15, 0.2) is 41.4 Å². The van der Waals surface area contributed by atoms with Gasteiger partial charge in [-0.05, 0) is 43.7 Å². The quantitative estimate of drug-likeness (QED) is 0.534. The minimum Gasteiger partial charge on any atom is -0.491 e. The van der Waals surface area contributed by atoms with E-state index >= 15 is 0 Å². The molecule has 2 aromatic carbocycles. The molecule has 1 saturated heterocycles. The van der Waals surface area contributed by atoms with E-state index in [4.69, 9.17) is 43.1 Å². The third kappa shape index (κ3) is 4.91. The van der Waals surface area contributed by atoms with Crippen LogP contribution in [0.25, 0.3) is 11.1 Å². The fourth-order valence-electron chi connectivity index (χ4n) is 3.26. The van der Waals surface area contributed by atoms with E-state index in [-0.39, 0.29) is 6.10 Å². The van der Waals surface area contributed by atoms with Gasteiger partial charge in [-0.1, -0.05) is 35.3 Å². The van der Waals surface area contributed by atoms with E-state index in [1.165, 1.54) is 0 Å². The number of guanidine groups is 1. The standard InChI is InChI=1S/C20H23Cl2N5O3/c1-20(2)29-10-14(30-20)9-28-13-5-3-11(4-6-13)17-15(21)7-12(8-16(17)22)24-19-25-18(23)26-27-19/h3-8,14,19,24,27H,9-10H2,1-2H3,(H3,23,25,26). The molecule has 0 bridgehead atoms. The van der Waals surface area contributed by atoms with Crippen molar-refractivity contribution in [1.82, 2.24) is 10.9 Å². The Labute approximate surface area is 184 Å².